The van der Waals surface area contributed by atoms with Crippen LogP contribution in [0.25, 0.3) is 0 Å². The lowest BCUT2D eigenvalue weighted by Crippen LogP contribution is -2.32. The average molecular weight is 272 g/mol. The molecule has 0 bridgehead atoms. The highest BCUT2D eigenvalue weighted by atomic mass is 14.9. The van der Waals surface area contributed by atoms with Crippen molar-refractivity contribution in [1.29, 1.82) is 0 Å². The molecule has 0 amide bonds. The lowest BCUT2D eigenvalue weighted by Gasteiger charge is -2.22. The first-order valence-corrected chi connectivity index (χ1v) is 8.21. The highest BCUT2D eigenvalue weighted by Gasteiger charge is 2.14. The summed E-state index contributed by atoms with van der Waals surface area (Å²) in [5, 5.41) is 3.75. The SMILES string of the molecule is CCCNC(CCc1ccncc1)C1=CCCCCC1. The largest absolute Gasteiger partial charge is 0.310 e. The molecule has 0 aromatic carbocycles. The van der Waals surface area contributed by atoms with Crippen molar-refractivity contribution in [3.63, 3.8) is 0 Å². The number of aromatic nitrogens is 1. The molecule has 2 rings (SSSR count). The minimum Gasteiger partial charge on any atom is -0.310 e. The third kappa shape index (κ3) is 5.09. The molecule has 0 saturated carbocycles. The molecule has 0 saturated heterocycles. The van der Waals surface area contributed by atoms with Crippen LogP contribution in [-0.4, -0.2) is 17.6 Å². The second-order valence-electron chi connectivity index (χ2n) is 5.78. The third-order valence-electron chi connectivity index (χ3n) is 4.14. The van der Waals surface area contributed by atoms with Gasteiger partial charge in [-0.3, -0.25) is 4.98 Å². The monoisotopic (exact) mass is 272 g/mol. The van der Waals surface area contributed by atoms with E-state index in [1.54, 1.807) is 5.57 Å². The van der Waals surface area contributed by atoms with Crippen LogP contribution in [0.3, 0.4) is 0 Å². The summed E-state index contributed by atoms with van der Waals surface area (Å²) in [6.07, 6.45) is 16.5. The first-order valence-electron chi connectivity index (χ1n) is 8.21. The molecule has 1 aliphatic carbocycles. The van der Waals surface area contributed by atoms with Crippen molar-refractivity contribution in [3.05, 3.63) is 41.7 Å². The van der Waals surface area contributed by atoms with E-state index in [1.807, 2.05) is 12.4 Å². The summed E-state index contributed by atoms with van der Waals surface area (Å²) in [5.74, 6) is 0. The second-order valence-corrected chi connectivity index (χ2v) is 5.78. The fourth-order valence-electron chi connectivity index (χ4n) is 2.95. The van der Waals surface area contributed by atoms with Crippen molar-refractivity contribution < 1.29 is 0 Å². The van der Waals surface area contributed by atoms with Crippen LogP contribution in [0.5, 0.6) is 0 Å². The van der Waals surface area contributed by atoms with Gasteiger partial charge in [0.1, 0.15) is 0 Å². The van der Waals surface area contributed by atoms with Crippen molar-refractivity contribution >= 4 is 0 Å². The molecule has 0 radical (unpaired) electrons. The smallest absolute Gasteiger partial charge is 0.0282 e. The predicted octanol–water partition coefficient (Wildman–Crippen LogP) is 4.27. The fraction of sp³-hybridized carbons (Fsp3) is 0.611. The van der Waals surface area contributed by atoms with Gasteiger partial charge in [-0.25, -0.2) is 0 Å². The second kappa shape index (κ2) is 8.91. The summed E-state index contributed by atoms with van der Waals surface area (Å²) in [6.45, 7) is 3.37. The molecule has 1 unspecified atom stereocenters. The Labute approximate surface area is 123 Å². The third-order valence-corrected chi connectivity index (χ3v) is 4.14. The maximum absolute atomic E-state index is 4.10. The molecule has 1 aromatic rings. The molecule has 1 aromatic heterocycles. The first kappa shape index (κ1) is 15.2. The van der Waals surface area contributed by atoms with Gasteiger partial charge in [-0.05, 0) is 69.2 Å². The van der Waals surface area contributed by atoms with E-state index in [1.165, 1.54) is 50.5 Å². The minimum absolute atomic E-state index is 0.571. The van der Waals surface area contributed by atoms with E-state index in [-0.39, 0.29) is 0 Å². The number of rotatable bonds is 7. The van der Waals surface area contributed by atoms with Crippen LogP contribution in [0.2, 0.25) is 0 Å². The van der Waals surface area contributed by atoms with E-state index in [0.717, 1.165) is 13.0 Å². The van der Waals surface area contributed by atoms with E-state index in [4.69, 9.17) is 0 Å². The summed E-state index contributed by atoms with van der Waals surface area (Å²) < 4.78 is 0. The number of allylic oxidation sites excluding steroid dienone is 1. The van der Waals surface area contributed by atoms with Gasteiger partial charge in [0.05, 0.1) is 0 Å². The van der Waals surface area contributed by atoms with Crippen molar-refractivity contribution in [2.24, 2.45) is 0 Å². The first-order chi connectivity index (χ1) is 9.90. The van der Waals surface area contributed by atoms with Gasteiger partial charge in [-0.2, -0.15) is 0 Å². The Morgan fingerprint density at radius 3 is 2.85 bits per heavy atom. The van der Waals surface area contributed by atoms with Gasteiger partial charge in [-0.1, -0.05) is 25.0 Å². The maximum atomic E-state index is 4.10. The minimum atomic E-state index is 0.571. The lowest BCUT2D eigenvalue weighted by atomic mass is 9.96. The molecule has 1 N–H and O–H groups in total. The summed E-state index contributed by atoms with van der Waals surface area (Å²) in [4.78, 5) is 4.10. The molecule has 1 atom stereocenters. The van der Waals surface area contributed by atoms with Crippen molar-refractivity contribution in [3.8, 4) is 0 Å². The van der Waals surface area contributed by atoms with Gasteiger partial charge in [0.15, 0.2) is 0 Å². The van der Waals surface area contributed by atoms with E-state index < -0.39 is 0 Å². The number of hydrogen-bond donors (Lipinski definition) is 1. The molecule has 0 fully saturated rings. The Bertz CT molecular complexity index is 397. The van der Waals surface area contributed by atoms with Crippen LogP contribution in [0.15, 0.2) is 36.2 Å². The van der Waals surface area contributed by atoms with Crippen LogP contribution in [0, 0.1) is 0 Å². The normalized spacial score (nSPS) is 17.4. The van der Waals surface area contributed by atoms with Crippen molar-refractivity contribution in [2.75, 3.05) is 6.54 Å². The number of aryl methyl sites for hydroxylation is 1. The molecule has 1 heterocycles. The molecule has 2 heteroatoms. The Morgan fingerprint density at radius 1 is 1.20 bits per heavy atom. The summed E-state index contributed by atoms with van der Waals surface area (Å²) in [5.41, 5.74) is 3.06. The van der Waals surface area contributed by atoms with Gasteiger partial charge in [0.25, 0.3) is 0 Å². The van der Waals surface area contributed by atoms with Crippen LogP contribution < -0.4 is 5.32 Å². The molecule has 2 nitrogen and oxygen atoms in total. The van der Waals surface area contributed by atoms with Crippen LogP contribution in [-0.2, 0) is 6.42 Å². The maximum Gasteiger partial charge on any atom is 0.0282 e. The van der Waals surface area contributed by atoms with Gasteiger partial charge >= 0.3 is 0 Å². The number of nitrogens with zero attached hydrogens (tertiary/aromatic N) is 1. The molecular weight excluding hydrogens is 244 g/mol. The summed E-state index contributed by atoms with van der Waals surface area (Å²) >= 11 is 0. The zero-order valence-electron chi connectivity index (χ0n) is 12.8. The zero-order chi connectivity index (χ0) is 14.0. The quantitative estimate of drug-likeness (QED) is 0.750. The van der Waals surface area contributed by atoms with E-state index >= 15 is 0 Å². The number of nitrogens with one attached hydrogen (secondary N) is 1. The van der Waals surface area contributed by atoms with Crippen LogP contribution in [0.4, 0.5) is 0 Å². The Morgan fingerprint density at radius 2 is 2.05 bits per heavy atom. The molecule has 0 aliphatic heterocycles. The molecular formula is C18H28N2. The van der Waals surface area contributed by atoms with Gasteiger partial charge in [-0.15, -0.1) is 0 Å². The molecule has 0 spiro atoms. The average Bonchev–Trinajstić information content (AvgIpc) is 2.78. The Balaban J connectivity index is 1.93. The van der Waals surface area contributed by atoms with E-state index in [0.29, 0.717) is 6.04 Å². The van der Waals surface area contributed by atoms with E-state index in [2.05, 4.69) is 35.4 Å². The predicted molar refractivity (Wildman–Crippen MR) is 85.8 cm³/mol. The van der Waals surface area contributed by atoms with Gasteiger partial charge in [0, 0.05) is 18.4 Å². The van der Waals surface area contributed by atoms with Crippen LogP contribution in [0.1, 0.15) is 57.4 Å². The fourth-order valence-corrected chi connectivity index (χ4v) is 2.95. The highest BCUT2D eigenvalue weighted by Crippen LogP contribution is 2.22. The van der Waals surface area contributed by atoms with Gasteiger partial charge < -0.3 is 5.32 Å². The highest BCUT2D eigenvalue weighted by molar-refractivity contribution is 5.15. The molecule has 20 heavy (non-hydrogen) atoms. The topological polar surface area (TPSA) is 24.9 Å². The Hall–Kier alpha value is -1.15. The van der Waals surface area contributed by atoms with Crippen LogP contribution >= 0.6 is 0 Å². The summed E-state index contributed by atoms with van der Waals surface area (Å²) in [6, 6.07) is 4.85. The Kier molecular flexibility index (Phi) is 6.79. The molecule has 110 valence electrons. The zero-order valence-corrected chi connectivity index (χ0v) is 12.8. The summed E-state index contributed by atoms with van der Waals surface area (Å²) in [7, 11) is 0. The number of hydrogen-bond acceptors (Lipinski definition) is 2. The standard InChI is InChI=1S/C18H28N2/c1-2-13-20-18(17-7-5-3-4-6-8-17)10-9-16-11-14-19-15-12-16/h7,11-12,14-15,18,20H,2-6,8-10,13H2,1H3. The van der Waals surface area contributed by atoms with Crippen molar-refractivity contribution in [1.82, 2.24) is 10.3 Å². The number of pyridine rings is 1. The molecule has 1 aliphatic rings. The van der Waals surface area contributed by atoms with Gasteiger partial charge in [0.2, 0.25) is 0 Å². The van der Waals surface area contributed by atoms with Crippen molar-refractivity contribution in [2.45, 2.75) is 64.3 Å². The van der Waals surface area contributed by atoms with E-state index in [9.17, 15) is 0 Å². The lowest BCUT2D eigenvalue weighted by molar-refractivity contribution is 0.515.